The van der Waals surface area contributed by atoms with Gasteiger partial charge >= 0.3 is 0 Å². The van der Waals surface area contributed by atoms with Gasteiger partial charge in [-0.15, -0.1) is 0 Å². The maximum Gasteiger partial charge on any atom is 0.0794 e. The Labute approximate surface area is 189 Å². The van der Waals surface area contributed by atoms with Gasteiger partial charge in [0.05, 0.1) is 32.3 Å². The van der Waals surface area contributed by atoms with E-state index in [2.05, 4.69) is 84.9 Å². The first-order valence-electron chi connectivity index (χ1n) is 10.8. The van der Waals surface area contributed by atoms with Gasteiger partial charge in [-0.1, -0.05) is 97.1 Å². The molecule has 2 nitrogen and oxygen atoms in total. The summed E-state index contributed by atoms with van der Waals surface area (Å²) >= 11 is 0. The molecule has 154 valence electrons. The molecule has 1 heterocycles. The summed E-state index contributed by atoms with van der Waals surface area (Å²) in [5.41, 5.74) is 4.02. The summed E-state index contributed by atoms with van der Waals surface area (Å²) in [5, 5.41) is 4.51. The molecule has 5 aromatic rings. The summed E-state index contributed by atoms with van der Waals surface area (Å²) in [5.74, 6) is 0. The molecule has 0 saturated carbocycles. The monoisotopic (exact) mass is 431 g/mol. The van der Waals surface area contributed by atoms with Crippen molar-refractivity contribution in [2.45, 2.75) is 16.6 Å². The quantitative estimate of drug-likeness (QED) is 0.287. The third-order valence-corrected chi connectivity index (χ3v) is 7.96. The molecule has 0 amide bonds. The highest BCUT2D eigenvalue weighted by Gasteiger charge is 2.29. The number of aliphatic imine (C=N–C) groups is 1. The Kier molecular flexibility index (Phi) is 4.70. The Bertz CT molecular complexity index is 1520. The predicted octanol–water partition coefficient (Wildman–Crippen LogP) is 7.37. The number of nitrogens with zero attached hydrogens (tertiary/aromatic N) is 1. The SMILES string of the molecule is O=[S@]1c2ccccc2N=C(c2cccc3ccccc23)C[C@@H]1c1cccc2ccccc12. The molecule has 1 aliphatic heterocycles. The zero-order chi connectivity index (χ0) is 21.5. The van der Waals surface area contributed by atoms with Crippen molar-refractivity contribution in [1.29, 1.82) is 0 Å². The molecule has 6 rings (SSSR count). The number of para-hydroxylation sites is 1. The fraction of sp³-hybridized carbons (Fsp3) is 0.0690. The molecule has 0 spiro atoms. The Morgan fingerprint density at radius 2 is 1.28 bits per heavy atom. The van der Waals surface area contributed by atoms with Gasteiger partial charge in [-0.05, 0) is 39.2 Å². The van der Waals surface area contributed by atoms with Gasteiger partial charge in [0, 0.05) is 12.0 Å². The minimum atomic E-state index is -1.22. The molecule has 2 atom stereocenters. The van der Waals surface area contributed by atoms with Crippen LogP contribution in [0.1, 0.15) is 22.8 Å². The van der Waals surface area contributed by atoms with E-state index in [1.165, 1.54) is 16.2 Å². The van der Waals surface area contributed by atoms with Crippen molar-refractivity contribution in [3.8, 4) is 0 Å². The van der Waals surface area contributed by atoms with Gasteiger partial charge < -0.3 is 0 Å². The van der Waals surface area contributed by atoms with Gasteiger partial charge in [0.1, 0.15) is 0 Å². The van der Waals surface area contributed by atoms with Crippen molar-refractivity contribution in [2.75, 3.05) is 0 Å². The van der Waals surface area contributed by atoms with Gasteiger partial charge in [-0.3, -0.25) is 9.20 Å². The number of rotatable bonds is 2. The van der Waals surface area contributed by atoms with Crippen molar-refractivity contribution < 1.29 is 4.21 Å². The molecule has 0 aliphatic carbocycles. The molecule has 32 heavy (non-hydrogen) atoms. The summed E-state index contributed by atoms with van der Waals surface area (Å²) < 4.78 is 14.0. The molecule has 0 radical (unpaired) electrons. The van der Waals surface area contributed by atoms with Crippen molar-refractivity contribution in [3.63, 3.8) is 0 Å². The van der Waals surface area contributed by atoms with Gasteiger partial charge in [-0.25, -0.2) is 0 Å². The first kappa shape index (κ1) is 19.1. The second-order valence-corrected chi connectivity index (χ2v) is 9.72. The van der Waals surface area contributed by atoms with Crippen molar-refractivity contribution in [2.24, 2.45) is 4.99 Å². The minimum absolute atomic E-state index is 0.178. The lowest BCUT2D eigenvalue weighted by atomic mass is 9.94. The largest absolute Gasteiger partial charge is 0.254 e. The van der Waals surface area contributed by atoms with Gasteiger partial charge in [-0.2, -0.15) is 0 Å². The zero-order valence-corrected chi connectivity index (χ0v) is 18.3. The van der Waals surface area contributed by atoms with Crippen molar-refractivity contribution in [1.82, 2.24) is 0 Å². The summed E-state index contributed by atoms with van der Waals surface area (Å²) in [7, 11) is -1.22. The lowest BCUT2D eigenvalue weighted by molar-refractivity contribution is 0.674. The summed E-state index contributed by atoms with van der Waals surface area (Å²) in [6.07, 6.45) is 0.614. The molecule has 0 aromatic heterocycles. The third-order valence-electron chi connectivity index (χ3n) is 6.25. The normalized spacial score (nSPS) is 18.2. The van der Waals surface area contributed by atoms with Crippen LogP contribution in [-0.4, -0.2) is 9.92 Å². The van der Waals surface area contributed by atoms with Crippen LogP contribution in [0.15, 0.2) is 119 Å². The van der Waals surface area contributed by atoms with Crippen LogP contribution < -0.4 is 0 Å². The number of benzene rings is 5. The van der Waals surface area contributed by atoms with E-state index in [0.29, 0.717) is 6.42 Å². The van der Waals surface area contributed by atoms with Crippen LogP contribution in [0.25, 0.3) is 21.5 Å². The molecule has 0 fully saturated rings. The molecule has 0 saturated heterocycles. The molecular formula is C29H21NOS. The molecule has 3 heteroatoms. The van der Waals surface area contributed by atoms with Crippen LogP contribution in [-0.2, 0) is 10.8 Å². The summed E-state index contributed by atoms with van der Waals surface area (Å²) in [6, 6.07) is 37.3. The number of hydrogen-bond acceptors (Lipinski definition) is 2. The zero-order valence-electron chi connectivity index (χ0n) is 17.4. The molecule has 1 aliphatic rings. The molecule has 0 bridgehead atoms. The maximum atomic E-state index is 14.0. The Hall–Kier alpha value is -3.56. The Balaban J connectivity index is 1.60. The van der Waals surface area contributed by atoms with E-state index in [9.17, 15) is 4.21 Å². The number of fused-ring (bicyclic) bond motifs is 3. The molecule has 0 N–H and O–H groups in total. The Morgan fingerprint density at radius 1 is 0.656 bits per heavy atom. The Morgan fingerprint density at radius 3 is 2.12 bits per heavy atom. The smallest absolute Gasteiger partial charge is 0.0794 e. The third kappa shape index (κ3) is 3.17. The standard InChI is InChI=1S/C29H21NOS/c31-32-28-18-6-5-17-26(28)30-27(24-15-7-11-20-9-1-3-13-22(20)24)19-29(32)25-16-8-12-21-10-2-4-14-23(21)25/h1-18,29H,19H2/t29-,32+/m1/s1. The molecule has 0 unspecified atom stereocenters. The predicted molar refractivity (Wildman–Crippen MR) is 134 cm³/mol. The van der Waals surface area contributed by atoms with Crippen molar-refractivity contribution >= 4 is 43.7 Å². The van der Waals surface area contributed by atoms with E-state index in [1.54, 1.807) is 0 Å². The lowest BCUT2D eigenvalue weighted by Crippen LogP contribution is -2.12. The average molecular weight is 432 g/mol. The fourth-order valence-corrected chi connectivity index (χ4v) is 6.30. The number of hydrogen-bond donors (Lipinski definition) is 0. The van der Waals surface area contributed by atoms with E-state index < -0.39 is 10.8 Å². The molecule has 5 aromatic carbocycles. The highest BCUT2D eigenvalue weighted by molar-refractivity contribution is 7.85. The van der Waals surface area contributed by atoms with E-state index in [0.717, 1.165) is 32.8 Å². The first-order valence-corrected chi connectivity index (χ1v) is 12.0. The fourth-order valence-electron chi connectivity index (χ4n) is 4.72. The summed E-state index contributed by atoms with van der Waals surface area (Å²) in [4.78, 5) is 5.90. The van der Waals surface area contributed by atoms with Crippen LogP contribution >= 0.6 is 0 Å². The highest BCUT2D eigenvalue weighted by atomic mass is 32.2. The van der Waals surface area contributed by atoms with E-state index in [1.807, 2.05) is 24.3 Å². The van der Waals surface area contributed by atoms with Gasteiger partial charge in [0.2, 0.25) is 0 Å². The lowest BCUT2D eigenvalue weighted by Gasteiger charge is -2.19. The first-order chi connectivity index (χ1) is 15.8. The highest BCUT2D eigenvalue weighted by Crippen LogP contribution is 2.40. The van der Waals surface area contributed by atoms with Crippen LogP contribution in [0.4, 0.5) is 5.69 Å². The second-order valence-electron chi connectivity index (χ2n) is 8.11. The summed E-state index contributed by atoms with van der Waals surface area (Å²) in [6.45, 7) is 0. The van der Waals surface area contributed by atoms with Crippen LogP contribution in [0.3, 0.4) is 0 Å². The average Bonchev–Trinajstić information content (AvgIpc) is 3.00. The maximum absolute atomic E-state index is 14.0. The van der Waals surface area contributed by atoms with Crippen molar-refractivity contribution in [3.05, 3.63) is 120 Å². The van der Waals surface area contributed by atoms with Crippen LogP contribution in [0, 0.1) is 0 Å². The second kappa shape index (κ2) is 7.85. The molecular weight excluding hydrogens is 410 g/mol. The van der Waals surface area contributed by atoms with Crippen LogP contribution in [0.5, 0.6) is 0 Å². The van der Waals surface area contributed by atoms with Crippen LogP contribution in [0.2, 0.25) is 0 Å². The van der Waals surface area contributed by atoms with Gasteiger partial charge in [0.15, 0.2) is 0 Å². The van der Waals surface area contributed by atoms with E-state index in [-0.39, 0.29) is 5.25 Å². The van der Waals surface area contributed by atoms with Gasteiger partial charge in [0.25, 0.3) is 0 Å². The van der Waals surface area contributed by atoms with E-state index in [4.69, 9.17) is 4.99 Å². The topological polar surface area (TPSA) is 29.4 Å². The minimum Gasteiger partial charge on any atom is -0.254 e. The van der Waals surface area contributed by atoms with E-state index >= 15 is 0 Å².